The summed E-state index contributed by atoms with van der Waals surface area (Å²) >= 11 is 5.36. The number of benzene rings is 1. The zero-order chi connectivity index (χ0) is 14.2. The number of para-hydroxylation sites is 1. The minimum Gasteiger partial charge on any atom is -0.364 e. The summed E-state index contributed by atoms with van der Waals surface area (Å²) in [7, 11) is 0. The van der Waals surface area contributed by atoms with E-state index in [0.29, 0.717) is 0 Å². The lowest BCUT2D eigenvalue weighted by Gasteiger charge is -2.31. The van der Waals surface area contributed by atoms with Gasteiger partial charge in [0.05, 0.1) is 6.54 Å². The molecule has 1 N–H and O–H groups in total. The molecule has 0 radical (unpaired) electrons. The van der Waals surface area contributed by atoms with Gasteiger partial charge in [-0.3, -0.25) is 0 Å². The summed E-state index contributed by atoms with van der Waals surface area (Å²) < 4.78 is 1.18. The summed E-state index contributed by atoms with van der Waals surface area (Å²) in [5.74, 6) is 0. The molecule has 2 aromatic rings. The Morgan fingerprint density at radius 1 is 1.35 bits per heavy atom. The van der Waals surface area contributed by atoms with Crippen molar-refractivity contribution in [3.63, 3.8) is 0 Å². The molecular weight excluding hydrogens is 332 g/mol. The van der Waals surface area contributed by atoms with Crippen molar-refractivity contribution in [2.24, 2.45) is 0 Å². The summed E-state index contributed by atoms with van der Waals surface area (Å²) in [6, 6.07) is 10.9. The van der Waals surface area contributed by atoms with Gasteiger partial charge in [-0.25, -0.2) is 0 Å². The highest BCUT2D eigenvalue weighted by Crippen LogP contribution is 2.29. The third kappa shape index (κ3) is 3.08. The van der Waals surface area contributed by atoms with E-state index in [-0.39, 0.29) is 5.54 Å². The first kappa shape index (κ1) is 14.1. The number of nitrogens with one attached hydrogen (secondary N) is 1. The van der Waals surface area contributed by atoms with Crippen LogP contribution in [-0.2, 0) is 13.1 Å². The summed E-state index contributed by atoms with van der Waals surface area (Å²) in [6.45, 7) is 7.47. The Morgan fingerprint density at radius 3 is 2.90 bits per heavy atom. The maximum Gasteiger partial charge on any atom is 0.0524 e. The average molecular weight is 351 g/mol. The summed E-state index contributed by atoms with van der Waals surface area (Å²) in [5.41, 5.74) is 2.86. The highest BCUT2D eigenvalue weighted by Gasteiger charge is 2.26. The first-order valence-corrected chi connectivity index (χ1v) is 8.52. The molecule has 0 saturated heterocycles. The largest absolute Gasteiger partial charge is 0.364 e. The molecule has 106 valence electrons. The first-order valence-electron chi connectivity index (χ1n) is 6.84. The van der Waals surface area contributed by atoms with Crippen LogP contribution < -0.4 is 10.2 Å². The molecule has 0 unspecified atom stereocenters. The van der Waals surface area contributed by atoms with Crippen LogP contribution in [0.15, 0.2) is 40.2 Å². The van der Waals surface area contributed by atoms with Crippen molar-refractivity contribution in [3.8, 4) is 0 Å². The second-order valence-corrected chi connectivity index (χ2v) is 7.86. The van der Waals surface area contributed by atoms with Crippen LogP contribution in [0.2, 0.25) is 0 Å². The molecular formula is C16H19BrN2S. The number of hydrogen-bond donors (Lipinski definition) is 1. The van der Waals surface area contributed by atoms with Crippen LogP contribution in [0.3, 0.4) is 0 Å². The van der Waals surface area contributed by atoms with Crippen LogP contribution >= 0.6 is 27.3 Å². The van der Waals surface area contributed by atoms with E-state index in [1.165, 1.54) is 20.6 Å². The molecule has 20 heavy (non-hydrogen) atoms. The summed E-state index contributed by atoms with van der Waals surface area (Å²) in [6.07, 6.45) is 0. The summed E-state index contributed by atoms with van der Waals surface area (Å²) in [4.78, 5) is 3.89. The molecule has 0 spiro atoms. The second-order valence-electron chi connectivity index (χ2n) is 5.95. The van der Waals surface area contributed by atoms with Crippen LogP contribution in [-0.4, -0.2) is 12.1 Å². The number of halogens is 1. The lowest BCUT2D eigenvalue weighted by molar-refractivity contribution is 0.395. The minimum atomic E-state index is 0.119. The maximum atomic E-state index is 3.65. The Hall–Kier alpha value is -0.840. The molecule has 0 saturated carbocycles. The first-order chi connectivity index (χ1) is 9.53. The van der Waals surface area contributed by atoms with Crippen molar-refractivity contribution < 1.29 is 0 Å². The lowest BCUT2D eigenvalue weighted by atomic mass is 10.1. The highest BCUT2D eigenvalue weighted by molar-refractivity contribution is 9.10. The highest BCUT2D eigenvalue weighted by atomic mass is 79.9. The second kappa shape index (κ2) is 5.51. The maximum absolute atomic E-state index is 3.65. The molecule has 1 aliphatic heterocycles. The van der Waals surface area contributed by atoms with Gasteiger partial charge in [0.2, 0.25) is 0 Å². The van der Waals surface area contributed by atoms with E-state index in [2.05, 4.69) is 75.7 Å². The quantitative estimate of drug-likeness (QED) is 0.863. The predicted molar refractivity (Wildman–Crippen MR) is 90.4 cm³/mol. The zero-order valence-corrected chi connectivity index (χ0v) is 14.2. The van der Waals surface area contributed by atoms with Crippen molar-refractivity contribution in [3.05, 3.63) is 50.6 Å². The predicted octanol–water partition coefficient (Wildman–Crippen LogP) is 4.40. The lowest BCUT2D eigenvalue weighted by Crippen LogP contribution is -2.46. The number of nitrogens with zero attached hydrogens (tertiary/aromatic N) is 1. The molecule has 1 aromatic heterocycles. The molecule has 2 heterocycles. The molecule has 2 nitrogen and oxygen atoms in total. The monoisotopic (exact) mass is 350 g/mol. The number of fused-ring (bicyclic) bond motifs is 1. The molecule has 0 atom stereocenters. The fourth-order valence-electron chi connectivity index (χ4n) is 2.69. The number of thiophene rings is 1. The Bertz CT molecular complexity index is 606. The van der Waals surface area contributed by atoms with Gasteiger partial charge in [0, 0.05) is 39.0 Å². The molecule has 0 bridgehead atoms. The van der Waals surface area contributed by atoms with Crippen LogP contribution in [0.1, 0.15) is 24.3 Å². The van der Waals surface area contributed by atoms with Crippen LogP contribution in [0, 0.1) is 0 Å². The smallest absolute Gasteiger partial charge is 0.0524 e. The Labute approximate surface area is 132 Å². The van der Waals surface area contributed by atoms with E-state index in [4.69, 9.17) is 0 Å². The third-order valence-electron chi connectivity index (χ3n) is 3.64. The van der Waals surface area contributed by atoms with Crippen molar-refractivity contribution in [1.82, 2.24) is 5.32 Å². The number of anilines is 1. The van der Waals surface area contributed by atoms with E-state index in [1.807, 2.05) is 11.3 Å². The topological polar surface area (TPSA) is 15.3 Å². The molecule has 0 aliphatic carbocycles. The van der Waals surface area contributed by atoms with Gasteiger partial charge in [-0.05, 0) is 47.5 Å². The fraction of sp³-hybridized carbons (Fsp3) is 0.375. The number of rotatable bonds is 2. The van der Waals surface area contributed by atoms with Gasteiger partial charge in [0.15, 0.2) is 0 Å². The van der Waals surface area contributed by atoms with Crippen molar-refractivity contribution in [2.75, 3.05) is 11.4 Å². The van der Waals surface area contributed by atoms with Gasteiger partial charge in [-0.15, -0.1) is 11.3 Å². The Kier molecular flexibility index (Phi) is 3.89. The van der Waals surface area contributed by atoms with Crippen molar-refractivity contribution in [1.29, 1.82) is 0 Å². The molecule has 3 rings (SSSR count). The minimum absolute atomic E-state index is 0.119. The molecule has 1 aromatic carbocycles. The van der Waals surface area contributed by atoms with E-state index in [9.17, 15) is 0 Å². The van der Waals surface area contributed by atoms with Crippen molar-refractivity contribution >= 4 is 33.0 Å². The SMILES string of the molecule is CC1(C)CN(Cc2cc(Br)cs2)c2ccccc2CN1. The van der Waals surface area contributed by atoms with Crippen LogP contribution in [0.5, 0.6) is 0 Å². The summed E-state index contributed by atoms with van der Waals surface area (Å²) in [5, 5.41) is 5.81. The van der Waals surface area contributed by atoms with Crippen LogP contribution in [0.4, 0.5) is 5.69 Å². The molecule has 0 fully saturated rings. The van der Waals surface area contributed by atoms with Crippen LogP contribution in [0.25, 0.3) is 0 Å². The molecule has 1 aliphatic rings. The van der Waals surface area contributed by atoms with Gasteiger partial charge in [-0.2, -0.15) is 0 Å². The number of hydrogen-bond acceptors (Lipinski definition) is 3. The normalized spacial score (nSPS) is 17.6. The Balaban J connectivity index is 1.93. The van der Waals surface area contributed by atoms with Gasteiger partial charge in [0.1, 0.15) is 0 Å². The van der Waals surface area contributed by atoms with Gasteiger partial charge < -0.3 is 10.2 Å². The van der Waals surface area contributed by atoms with Gasteiger partial charge >= 0.3 is 0 Å². The zero-order valence-electron chi connectivity index (χ0n) is 11.8. The van der Waals surface area contributed by atoms with E-state index >= 15 is 0 Å². The fourth-order valence-corrected chi connectivity index (χ4v) is 4.15. The molecule has 4 heteroatoms. The van der Waals surface area contributed by atoms with E-state index in [0.717, 1.165) is 19.6 Å². The Morgan fingerprint density at radius 2 is 2.15 bits per heavy atom. The van der Waals surface area contributed by atoms with Gasteiger partial charge in [-0.1, -0.05) is 18.2 Å². The average Bonchev–Trinajstić information content (AvgIpc) is 2.75. The molecule has 0 amide bonds. The standard InChI is InChI=1S/C16H19BrN2S/c1-16(2)11-19(9-14-7-13(17)10-20-14)15-6-4-3-5-12(15)8-18-16/h3-7,10,18H,8-9,11H2,1-2H3. The van der Waals surface area contributed by atoms with E-state index in [1.54, 1.807) is 0 Å². The van der Waals surface area contributed by atoms with E-state index < -0.39 is 0 Å². The third-order valence-corrected chi connectivity index (χ3v) is 5.33. The van der Waals surface area contributed by atoms with Crippen molar-refractivity contribution in [2.45, 2.75) is 32.5 Å². The van der Waals surface area contributed by atoms with Gasteiger partial charge in [0.25, 0.3) is 0 Å².